The minimum atomic E-state index is -0.826. The van der Waals surface area contributed by atoms with Gasteiger partial charge < -0.3 is 16.1 Å². The molecular weight excluding hydrogens is 250 g/mol. The first-order valence-electron chi connectivity index (χ1n) is 0.825. The molecule has 48 valence electrons. The SMILES string of the molecule is CO.O.O.[Cl][Sn][Cl]. The molecule has 0 aliphatic carbocycles. The second-order valence-corrected chi connectivity index (χ2v) is 4.31. The number of rotatable bonds is 0. The summed E-state index contributed by atoms with van der Waals surface area (Å²) >= 11 is -0.826. The quantitative estimate of drug-likeness (QED) is 0.552. The predicted molar refractivity (Wildman–Crippen MR) is 32.8 cm³/mol. The molecule has 2 radical (unpaired) electrons. The van der Waals surface area contributed by atoms with E-state index in [1.54, 1.807) is 0 Å². The predicted octanol–water partition coefficient (Wildman–Crippen LogP) is -1.04. The molecule has 0 aliphatic heterocycles. The zero-order valence-electron chi connectivity index (χ0n) is 3.70. The van der Waals surface area contributed by atoms with E-state index < -0.39 is 18.9 Å². The van der Waals surface area contributed by atoms with Crippen LogP contribution >= 0.6 is 17.8 Å². The van der Waals surface area contributed by atoms with Gasteiger partial charge in [-0.15, -0.1) is 0 Å². The molecule has 3 nitrogen and oxygen atoms in total. The molecule has 7 heavy (non-hydrogen) atoms. The average molecular weight is 258 g/mol. The van der Waals surface area contributed by atoms with Crippen molar-refractivity contribution in [1.29, 1.82) is 0 Å². The second kappa shape index (κ2) is 55.7. The van der Waals surface area contributed by atoms with Crippen LogP contribution in [0.4, 0.5) is 0 Å². The van der Waals surface area contributed by atoms with Gasteiger partial charge in [-0.05, 0) is 0 Å². The Morgan fingerprint density at radius 3 is 1.14 bits per heavy atom. The standard InChI is InChI=1S/CH4O.2ClH.2H2O.Sn/c1-2;;;;;/h2H,1H3;2*1H;2*1H2;/q;;;;;+2/p-2. The first-order chi connectivity index (χ1) is 2.41. The van der Waals surface area contributed by atoms with E-state index in [9.17, 15) is 0 Å². The topological polar surface area (TPSA) is 83.2 Å². The minimum absolute atomic E-state index is 0. The van der Waals surface area contributed by atoms with Gasteiger partial charge in [-0.25, -0.2) is 0 Å². The third kappa shape index (κ3) is 127. The Bertz CT molecular complexity index is 12.9. The summed E-state index contributed by atoms with van der Waals surface area (Å²) in [4.78, 5) is 0. The van der Waals surface area contributed by atoms with Crippen LogP contribution in [0.2, 0.25) is 0 Å². The van der Waals surface area contributed by atoms with Crippen molar-refractivity contribution in [2.45, 2.75) is 0 Å². The van der Waals surface area contributed by atoms with Crippen molar-refractivity contribution in [3.8, 4) is 0 Å². The molecule has 0 amide bonds. The molecule has 0 rings (SSSR count). The van der Waals surface area contributed by atoms with E-state index in [2.05, 4.69) is 0 Å². The first-order valence-corrected chi connectivity index (χ1v) is 8.05. The van der Waals surface area contributed by atoms with Crippen LogP contribution in [-0.4, -0.2) is 42.1 Å². The molecule has 0 fully saturated rings. The maximum absolute atomic E-state index is 7.00. The van der Waals surface area contributed by atoms with Crippen LogP contribution in [0.15, 0.2) is 0 Å². The Labute approximate surface area is 59.9 Å². The van der Waals surface area contributed by atoms with Crippen LogP contribution in [-0.2, 0) is 0 Å². The Kier molecular flexibility index (Phi) is 191. The zero-order valence-corrected chi connectivity index (χ0v) is 8.07. The second-order valence-electron chi connectivity index (χ2n) is 0.0714. The van der Waals surface area contributed by atoms with Crippen molar-refractivity contribution in [3.05, 3.63) is 0 Å². The Hall–Kier alpha value is 1.26. The van der Waals surface area contributed by atoms with Crippen molar-refractivity contribution >= 4 is 36.7 Å². The van der Waals surface area contributed by atoms with E-state index in [0.717, 1.165) is 7.11 Å². The molecule has 0 saturated carbocycles. The summed E-state index contributed by atoms with van der Waals surface area (Å²) in [5, 5.41) is 7.00. The van der Waals surface area contributed by atoms with Gasteiger partial charge >= 0.3 is 36.7 Å². The summed E-state index contributed by atoms with van der Waals surface area (Å²) < 4.78 is 0. The molecule has 0 aromatic rings. The van der Waals surface area contributed by atoms with Crippen LogP contribution in [0.3, 0.4) is 0 Å². The molecule has 0 aliphatic rings. The van der Waals surface area contributed by atoms with Crippen LogP contribution < -0.4 is 0 Å². The van der Waals surface area contributed by atoms with Crippen molar-refractivity contribution in [3.63, 3.8) is 0 Å². The van der Waals surface area contributed by atoms with E-state index in [1.165, 1.54) is 0 Å². The molecule has 5 N–H and O–H groups in total. The summed E-state index contributed by atoms with van der Waals surface area (Å²) in [6, 6.07) is 0. The molecule has 0 atom stereocenters. The summed E-state index contributed by atoms with van der Waals surface area (Å²) in [6.45, 7) is 0. The fourth-order valence-electron chi connectivity index (χ4n) is 0. The number of hydrogen-bond donors (Lipinski definition) is 1. The van der Waals surface area contributed by atoms with E-state index in [1.807, 2.05) is 0 Å². The number of halogens is 2. The number of aliphatic hydroxyl groups excluding tert-OH is 1. The van der Waals surface area contributed by atoms with Crippen molar-refractivity contribution in [2.75, 3.05) is 7.11 Å². The van der Waals surface area contributed by atoms with E-state index >= 15 is 0 Å². The van der Waals surface area contributed by atoms with Gasteiger partial charge in [0.1, 0.15) is 0 Å². The van der Waals surface area contributed by atoms with Gasteiger partial charge in [0.2, 0.25) is 0 Å². The van der Waals surface area contributed by atoms with Crippen molar-refractivity contribution in [1.82, 2.24) is 0 Å². The van der Waals surface area contributed by atoms with Crippen molar-refractivity contribution in [2.24, 2.45) is 0 Å². The Morgan fingerprint density at radius 2 is 1.14 bits per heavy atom. The average Bonchev–Trinajstić information content (AvgIpc) is 1.46. The summed E-state index contributed by atoms with van der Waals surface area (Å²) in [6.07, 6.45) is 0. The van der Waals surface area contributed by atoms with Crippen LogP contribution in [0.25, 0.3) is 0 Å². The normalized spacial score (nSPS) is 3.43. The Balaban J connectivity index is -0.0000000105. The molecule has 0 heterocycles. The van der Waals surface area contributed by atoms with E-state index in [4.69, 9.17) is 22.9 Å². The molecule has 0 bridgehead atoms. The monoisotopic (exact) mass is 258 g/mol. The van der Waals surface area contributed by atoms with Gasteiger partial charge in [0, 0.05) is 7.11 Å². The molecular formula is CH8Cl2O3Sn. The van der Waals surface area contributed by atoms with Gasteiger partial charge in [0.15, 0.2) is 0 Å². The third-order valence-corrected chi connectivity index (χ3v) is 0. The van der Waals surface area contributed by atoms with Crippen molar-refractivity contribution < 1.29 is 16.1 Å². The van der Waals surface area contributed by atoms with Gasteiger partial charge in [-0.1, -0.05) is 0 Å². The number of aliphatic hydroxyl groups is 1. The Morgan fingerprint density at radius 1 is 1.14 bits per heavy atom. The zero-order chi connectivity index (χ0) is 4.71. The van der Waals surface area contributed by atoms with Crippen LogP contribution in [0.5, 0.6) is 0 Å². The van der Waals surface area contributed by atoms with Crippen LogP contribution in [0, 0.1) is 0 Å². The van der Waals surface area contributed by atoms with Crippen LogP contribution in [0.1, 0.15) is 0 Å². The third-order valence-electron chi connectivity index (χ3n) is 0. The molecule has 0 spiro atoms. The molecule has 0 aromatic carbocycles. The molecule has 0 unspecified atom stereocenters. The summed E-state index contributed by atoms with van der Waals surface area (Å²) in [7, 11) is 10.9. The fourth-order valence-corrected chi connectivity index (χ4v) is 0. The van der Waals surface area contributed by atoms with Gasteiger partial charge in [0.25, 0.3) is 0 Å². The van der Waals surface area contributed by atoms with Gasteiger partial charge in [-0.3, -0.25) is 0 Å². The molecule has 0 aromatic heterocycles. The maximum atomic E-state index is 7.00. The fraction of sp³-hybridized carbons (Fsp3) is 1.00. The first kappa shape index (κ1) is 24.0. The number of hydrogen-bond acceptors (Lipinski definition) is 1. The molecule has 0 saturated heterocycles. The summed E-state index contributed by atoms with van der Waals surface area (Å²) in [5.74, 6) is 0. The van der Waals surface area contributed by atoms with E-state index in [0.29, 0.717) is 0 Å². The molecule has 6 heteroatoms. The van der Waals surface area contributed by atoms with Gasteiger partial charge in [0.05, 0.1) is 0 Å². The van der Waals surface area contributed by atoms with Gasteiger partial charge in [-0.2, -0.15) is 0 Å². The van der Waals surface area contributed by atoms with E-state index in [-0.39, 0.29) is 11.0 Å². The summed E-state index contributed by atoms with van der Waals surface area (Å²) in [5.41, 5.74) is 0.